The van der Waals surface area contributed by atoms with E-state index in [1.807, 2.05) is 12.2 Å². The Morgan fingerprint density at radius 1 is 1.73 bits per heavy atom. The average molecular weight is 155 g/mol. The summed E-state index contributed by atoms with van der Waals surface area (Å²) >= 11 is 0. The molecule has 0 unspecified atom stereocenters. The Bertz CT molecular complexity index is 214. The highest BCUT2D eigenvalue weighted by molar-refractivity contribution is 5.67. The first-order valence-electron chi connectivity index (χ1n) is 3.53. The molecule has 2 rings (SSSR count). The zero-order valence-electron chi connectivity index (χ0n) is 6.19. The minimum atomic E-state index is -0.415. The molecule has 0 aromatic heterocycles. The number of carbonyl (C=O) groups excluding carboxylic acids is 1. The number of hydrogen-bond acceptors (Lipinski definition) is 3. The van der Waals surface area contributed by atoms with Crippen molar-refractivity contribution in [2.24, 2.45) is 0 Å². The van der Waals surface area contributed by atoms with Gasteiger partial charge in [0.05, 0.1) is 13.2 Å². The van der Waals surface area contributed by atoms with Crippen LogP contribution >= 0.6 is 0 Å². The molecule has 2 aliphatic rings. The van der Waals surface area contributed by atoms with Crippen LogP contribution in [0.1, 0.15) is 6.42 Å². The summed E-state index contributed by atoms with van der Waals surface area (Å²) in [6, 6.07) is 0.0902. The van der Waals surface area contributed by atoms with Crippen LogP contribution in [0.2, 0.25) is 0 Å². The molecule has 1 aliphatic heterocycles. The van der Waals surface area contributed by atoms with Crippen LogP contribution in [0, 0.1) is 0 Å². The minimum absolute atomic E-state index is 0.0825. The van der Waals surface area contributed by atoms with E-state index in [2.05, 4.69) is 4.74 Å². The molecule has 2 atom stereocenters. The normalized spacial score (nSPS) is 33.0. The Morgan fingerprint density at radius 2 is 2.55 bits per heavy atom. The molecule has 1 heterocycles. The highest BCUT2D eigenvalue weighted by Crippen LogP contribution is 2.29. The van der Waals surface area contributed by atoms with Gasteiger partial charge < -0.3 is 4.74 Å². The number of nitrogens with zero attached hydrogens (tertiary/aromatic N) is 1. The van der Waals surface area contributed by atoms with Crippen molar-refractivity contribution in [3.63, 3.8) is 0 Å². The Hall–Kier alpha value is -1.03. The standard InChI is InChI=1S/C7H9NO3/c1-10-7(9)8-5-2-3-6(4-5)11-8/h2-3,5-6H,4H2,1H3/t5-,6+/m1/s1. The lowest BCUT2D eigenvalue weighted by molar-refractivity contribution is -0.125. The highest BCUT2D eigenvalue weighted by atomic mass is 16.7. The van der Waals surface area contributed by atoms with Gasteiger partial charge in [-0.15, -0.1) is 0 Å². The van der Waals surface area contributed by atoms with Gasteiger partial charge in [-0.25, -0.2) is 4.79 Å². The van der Waals surface area contributed by atoms with E-state index in [1.165, 1.54) is 12.2 Å². The summed E-state index contributed by atoms with van der Waals surface area (Å²) in [5.74, 6) is 0. The van der Waals surface area contributed by atoms with Crippen molar-refractivity contribution in [2.75, 3.05) is 7.11 Å². The fourth-order valence-electron chi connectivity index (χ4n) is 1.39. The van der Waals surface area contributed by atoms with E-state index in [9.17, 15) is 4.79 Å². The number of ether oxygens (including phenoxy) is 1. The van der Waals surface area contributed by atoms with Crippen LogP contribution in [0.15, 0.2) is 12.2 Å². The van der Waals surface area contributed by atoms with Crippen LogP contribution in [0.25, 0.3) is 0 Å². The molecule has 2 bridgehead atoms. The Balaban J connectivity index is 2.08. The maximum Gasteiger partial charge on any atom is 0.434 e. The van der Waals surface area contributed by atoms with Gasteiger partial charge in [-0.3, -0.25) is 4.84 Å². The van der Waals surface area contributed by atoms with Crippen LogP contribution in [0.5, 0.6) is 0 Å². The minimum Gasteiger partial charge on any atom is -0.451 e. The molecule has 0 N–H and O–H groups in total. The van der Waals surface area contributed by atoms with Gasteiger partial charge in [0.25, 0.3) is 0 Å². The zero-order valence-corrected chi connectivity index (χ0v) is 6.19. The summed E-state index contributed by atoms with van der Waals surface area (Å²) in [6.07, 6.45) is 4.46. The van der Waals surface area contributed by atoms with E-state index in [0.29, 0.717) is 0 Å². The summed E-state index contributed by atoms with van der Waals surface area (Å²) in [5.41, 5.74) is 0. The van der Waals surface area contributed by atoms with Crippen molar-refractivity contribution in [3.05, 3.63) is 12.2 Å². The number of methoxy groups -OCH3 is 1. The van der Waals surface area contributed by atoms with Crippen LogP contribution in [-0.2, 0) is 9.57 Å². The molecule has 0 saturated carbocycles. The molecule has 4 heteroatoms. The SMILES string of the molecule is COC(=O)N1O[C@H]2C=C[C@@H]1C2. The summed E-state index contributed by atoms with van der Waals surface area (Å²) in [5, 5.41) is 1.28. The lowest BCUT2D eigenvalue weighted by atomic mass is 10.3. The maximum atomic E-state index is 10.9. The van der Waals surface area contributed by atoms with E-state index in [-0.39, 0.29) is 12.1 Å². The van der Waals surface area contributed by atoms with Crippen LogP contribution in [0.3, 0.4) is 0 Å². The number of amides is 1. The molecule has 1 amide bonds. The van der Waals surface area contributed by atoms with Crippen molar-refractivity contribution >= 4 is 6.09 Å². The van der Waals surface area contributed by atoms with Crippen LogP contribution in [0.4, 0.5) is 4.79 Å². The molecule has 1 fully saturated rings. The van der Waals surface area contributed by atoms with Crippen molar-refractivity contribution < 1.29 is 14.4 Å². The molecule has 1 aliphatic carbocycles. The Labute approximate surface area is 64.3 Å². The fraction of sp³-hybridized carbons (Fsp3) is 0.571. The summed E-state index contributed by atoms with van der Waals surface area (Å²) in [6.45, 7) is 0. The number of hydroxylamine groups is 2. The van der Waals surface area contributed by atoms with Gasteiger partial charge in [0.15, 0.2) is 0 Å². The van der Waals surface area contributed by atoms with Gasteiger partial charge >= 0.3 is 6.09 Å². The van der Waals surface area contributed by atoms with Crippen molar-refractivity contribution in [1.82, 2.24) is 5.06 Å². The van der Waals surface area contributed by atoms with E-state index in [4.69, 9.17) is 4.84 Å². The quantitative estimate of drug-likeness (QED) is 0.483. The van der Waals surface area contributed by atoms with E-state index < -0.39 is 6.09 Å². The highest BCUT2D eigenvalue weighted by Gasteiger charge is 2.38. The van der Waals surface area contributed by atoms with Crippen LogP contribution in [-0.4, -0.2) is 30.4 Å². The molecule has 0 aromatic rings. The largest absolute Gasteiger partial charge is 0.451 e. The van der Waals surface area contributed by atoms with Crippen molar-refractivity contribution in [2.45, 2.75) is 18.6 Å². The van der Waals surface area contributed by atoms with Gasteiger partial charge in [0.2, 0.25) is 0 Å². The smallest absolute Gasteiger partial charge is 0.434 e. The third-order valence-corrected chi connectivity index (χ3v) is 1.93. The van der Waals surface area contributed by atoms with Gasteiger partial charge in [-0.1, -0.05) is 12.2 Å². The average Bonchev–Trinajstić information content (AvgIpc) is 2.62. The first-order valence-corrected chi connectivity index (χ1v) is 3.53. The van der Waals surface area contributed by atoms with Crippen LogP contribution < -0.4 is 0 Å². The maximum absolute atomic E-state index is 10.9. The molecular weight excluding hydrogens is 146 g/mol. The van der Waals surface area contributed by atoms with Gasteiger partial charge in [0.1, 0.15) is 6.10 Å². The molecule has 0 spiro atoms. The number of carbonyl (C=O) groups is 1. The molecular formula is C7H9NO3. The van der Waals surface area contributed by atoms with Gasteiger partial charge in [-0.05, 0) is 0 Å². The number of hydrogen-bond donors (Lipinski definition) is 0. The molecule has 60 valence electrons. The lowest BCUT2D eigenvalue weighted by Crippen LogP contribution is -2.34. The third-order valence-electron chi connectivity index (χ3n) is 1.93. The van der Waals surface area contributed by atoms with Crippen molar-refractivity contribution in [1.29, 1.82) is 0 Å². The predicted molar refractivity (Wildman–Crippen MR) is 36.7 cm³/mol. The molecule has 4 nitrogen and oxygen atoms in total. The first-order chi connectivity index (χ1) is 5.31. The van der Waals surface area contributed by atoms with Crippen molar-refractivity contribution in [3.8, 4) is 0 Å². The topological polar surface area (TPSA) is 38.8 Å². The predicted octanol–water partition coefficient (Wildman–Crippen LogP) is 0.697. The third kappa shape index (κ3) is 0.903. The Morgan fingerprint density at radius 3 is 3.00 bits per heavy atom. The number of rotatable bonds is 0. The monoisotopic (exact) mass is 155 g/mol. The number of fused-ring (bicyclic) bond motifs is 2. The first kappa shape index (κ1) is 6.67. The Kier molecular flexibility index (Phi) is 1.35. The fourth-order valence-corrected chi connectivity index (χ4v) is 1.39. The molecule has 0 aromatic carbocycles. The molecule has 11 heavy (non-hydrogen) atoms. The molecule has 1 saturated heterocycles. The zero-order chi connectivity index (χ0) is 7.84. The summed E-state index contributed by atoms with van der Waals surface area (Å²) in [4.78, 5) is 16.1. The summed E-state index contributed by atoms with van der Waals surface area (Å²) < 4.78 is 4.51. The molecule has 0 radical (unpaired) electrons. The second kappa shape index (κ2) is 2.23. The summed E-state index contributed by atoms with van der Waals surface area (Å²) in [7, 11) is 1.35. The lowest BCUT2D eigenvalue weighted by Gasteiger charge is -2.20. The van der Waals surface area contributed by atoms with Gasteiger partial charge in [-0.2, -0.15) is 5.06 Å². The van der Waals surface area contributed by atoms with Gasteiger partial charge in [0, 0.05) is 6.42 Å². The van der Waals surface area contributed by atoms with E-state index in [0.717, 1.165) is 6.42 Å². The van der Waals surface area contributed by atoms with E-state index in [1.54, 1.807) is 0 Å². The second-order valence-corrected chi connectivity index (χ2v) is 2.63. The second-order valence-electron chi connectivity index (χ2n) is 2.63. The van der Waals surface area contributed by atoms with E-state index >= 15 is 0 Å².